The third-order valence-electron chi connectivity index (χ3n) is 4.47. The molecule has 2 heterocycles. The van der Waals surface area contributed by atoms with Gasteiger partial charge in [0.15, 0.2) is 17.3 Å². The van der Waals surface area contributed by atoms with E-state index in [9.17, 15) is 10.1 Å². The van der Waals surface area contributed by atoms with Crippen LogP contribution in [0.25, 0.3) is 6.08 Å². The van der Waals surface area contributed by atoms with Gasteiger partial charge in [-0.2, -0.15) is 0 Å². The van der Waals surface area contributed by atoms with Crippen molar-refractivity contribution in [3.63, 3.8) is 0 Å². The Morgan fingerprint density at radius 3 is 2.65 bits per heavy atom. The second-order valence-electron chi connectivity index (χ2n) is 5.85. The summed E-state index contributed by atoms with van der Waals surface area (Å²) in [7, 11) is 4.95. The third kappa shape index (κ3) is 2.22. The number of fused-ring (bicyclic) bond motifs is 2. The molecule has 4 rings (SSSR count). The maximum absolute atomic E-state index is 11.2. The average Bonchev–Trinajstić information content (AvgIpc) is 2.93. The van der Waals surface area contributed by atoms with Crippen molar-refractivity contribution in [3.05, 3.63) is 57.8 Å². The largest absolute Gasteiger partial charge is 0.494 e. The number of methoxy groups -OCH3 is 2. The standard InChI is InChI=1S/C18H16N2O5S/c1-19-13-6-4-5-7-15(13)26-18(19)16(24-3)9-11-8-12(20(21)22)10-14(23-2)17(11)25-18/h4-10H,1-3H3. The van der Waals surface area contributed by atoms with E-state index >= 15 is 0 Å². The van der Waals surface area contributed by atoms with Crippen LogP contribution in [0.15, 0.2) is 47.1 Å². The van der Waals surface area contributed by atoms with Crippen molar-refractivity contribution >= 4 is 29.2 Å². The Morgan fingerprint density at radius 1 is 1.23 bits per heavy atom. The zero-order valence-corrected chi connectivity index (χ0v) is 15.2. The highest BCUT2D eigenvalue weighted by atomic mass is 32.2. The summed E-state index contributed by atoms with van der Waals surface area (Å²) in [5.41, 5.74) is 1.50. The number of non-ortho nitro benzene ring substituents is 1. The van der Waals surface area contributed by atoms with E-state index in [0.29, 0.717) is 22.8 Å². The van der Waals surface area contributed by atoms with E-state index in [2.05, 4.69) is 0 Å². The number of hydrogen-bond acceptors (Lipinski definition) is 7. The van der Waals surface area contributed by atoms with Gasteiger partial charge >= 0.3 is 0 Å². The van der Waals surface area contributed by atoms with Crippen molar-refractivity contribution in [2.24, 2.45) is 0 Å². The number of ether oxygens (including phenoxy) is 3. The number of likely N-dealkylation sites (N-methyl/N-ethyl adjacent to an activating group) is 1. The van der Waals surface area contributed by atoms with Crippen LogP contribution in [0, 0.1) is 10.1 Å². The lowest BCUT2D eigenvalue weighted by molar-refractivity contribution is -0.385. The molecule has 134 valence electrons. The van der Waals surface area contributed by atoms with Gasteiger partial charge in [0.2, 0.25) is 0 Å². The lowest BCUT2D eigenvalue weighted by atomic mass is 10.1. The molecule has 26 heavy (non-hydrogen) atoms. The molecule has 0 radical (unpaired) electrons. The fraction of sp³-hybridized carbons (Fsp3) is 0.222. The van der Waals surface area contributed by atoms with E-state index in [1.807, 2.05) is 36.2 Å². The maximum atomic E-state index is 11.2. The monoisotopic (exact) mass is 372 g/mol. The number of hydrogen-bond donors (Lipinski definition) is 0. The molecule has 2 aliphatic heterocycles. The average molecular weight is 372 g/mol. The smallest absolute Gasteiger partial charge is 0.295 e. The van der Waals surface area contributed by atoms with E-state index in [-0.39, 0.29) is 5.69 Å². The second-order valence-corrected chi connectivity index (χ2v) is 7.05. The van der Waals surface area contributed by atoms with Crippen molar-refractivity contribution in [2.75, 3.05) is 26.2 Å². The normalized spacial score (nSPS) is 20.1. The number of para-hydroxylation sites is 1. The summed E-state index contributed by atoms with van der Waals surface area (Å²) in [6, 6.07) is 10.8. The van der Waals surface area contributed by atoms with Crippen LogP contribution >= 0.6 is 11.8 Å². The molecule has 0 saturated carbocycles. The topological polar surface area (TPSA) is 74.1 Å². The van der Waals surface area contributed by atoms with Crippen molar-refractivity contribution < 1.29 is 19.1 Å². The van der Waals surface area contributed by atoms with Crippen LogP contribution in [0.3, 0.4) is 0 Å². The van der Waals surface area contributed by atoms with Crippen molar-refractivity contribution in [2.45, 2.75) is 9.95 Å². The molecular formula is C18H16N2O5S. The highest BCUT2D eigenvalue weighted by molar-refractivity contribution is 8.01. The number of rotatable bonds is 3. The van der Waals surface area contributed by atoms with Gasteiger partial charge in [0.05, 0.1) is 30.9 Å². The number of thioether (sulfide) groups is 1. The highest BCUT2D eigenvalue weighted by Gasteiger charge is 2.52. The SMILES string of the molecule is COC1=Cc2cc([N+](=O)[O-])cc(OC)c2OC12Sc1ccccc1N2C. The summed E-state index contributed by atoms with van der Waals surface area (Å²) >= 11 is 1.51. The summed E-state index contributed by atoms with van der Waals surface area (Å²) in [5, 5.41) is 10.3. The molecule has 0 N–H and O–H groups in total. The minimum absolute atomic E-state index is 0.0671. The predicted octanol–water partition coefficient (Wildman–Crippen LogP) is 3.88. The second kappa shape index (κ2) is 5.84. The summed E-state index contributed by atoms with van der Waals surface area (Å²) in [5.74, 6) is 1.31. The number of benzene rings is 2. The Kier molecular flexibility index (Phi) is 3.73. The molecule has 1 unspecified atom stereocenters. The van der Waals surface area contributed by atoms with E-state index in [4.69, 9.17) is 14.2 Å². The van der Waals surface area contributed by atoms with Gasteiger partial charge in [-0.3, -0.25) is 10.1 Å². The van der Waals surface area contributed by atoms with E-state index in [0.717, 1.165) is 10.6 Å². The summed E-state index contributed by atoms with van der Waals surface area (Å²) in [6.07, 6.45) is 1.77. The molecule has 0 saturated heterocycles. The van der Waals surface area contributed by atoms with Crippen molar-refractivity contribution in [1.29, 1.82) is 0 Å². The third-order valence-corrected chi connectivity index (χ3v) is 5.87. The summed E-state index contributed by atoms with van der Waals surface area (Å²) in [4.78, 5) is 13.8. The lowest BCUT2D eigenvalue weighted by Crippen LogP contribution is -2.49. The molecule has 0 aliphatic carbocycles. The lowest BCUT2D eigenvalue weighted by Gasteiger charge is -2.40. The van der Waals surface area contributed by atoms with Crippen LogP contribution in [0.1, 0.15) is 5.56 Å². The van der Waals surface area contributed by atoms with Gasteiger partial charge < -0.3 is 19.1 Å². The Morgan fingerprint density at radius 2 is 2.00 bits per heavy atom. The Bertz CT molecular complexity index is 945. The van der Waals surface area contributed by atoms with Crippen LogP contribution in [0.4, 0.5) is 11.4 Å². The highest BCUT2D eigenvalue weighted by Crippen LogP contribution is 2.57. The molecule has 0 amide bonds. The number of nitro groups is 1. The van der Waals surface area contributed by atoms with Crippen LogP contribution < -0.4 is 14.4 Å². The van der Waals surface area contributed by atoms with Gasteiger partial charge in [0.25, 0.3) is 10.7 Å². The van der Waals surface area contributed by atoms with Crippen LogP contribution in [-0.4, -0.2) is 31.2 Å². The van der Waals surface area contributed by atoms with Gasteiger partial charge in [0, 0.05) is 23.6 Å². The van der Waals surface area contributed by atoms with Crippen molar-refractivity contribution in [3.8, 4) is 11.5 Å². The molecular weight excluding hydrogens is 356 g/mol. The van der Waals surface area contributed by atoms with Crippen LogP contribution in [0.5, 0.6) is 11.5 Å². The number of anilines is 1. The van der Waals surface area contributed by atoms with Gasteiger partial charge in [-0.15, -0.1) is 0 Å². The Balaban J connectivity index is 1.89. The Hall–Kier alpha value is -2.87. The Labute approximate surface area is 154 Å². The predicted molar refractivity (Wildman–Crippen MR) is 98.7 cm³/mol. The molecule has 0 fully saturated rings. The summed E-state index contributed by atoms with van der Waals surface area (Å²) in [6.45, 7) is 0. The molecule has 8 heteroatoms. The zero-order valence-electron chi connectivity index (χ0n) is 14.4. The first-order chi connectivity index (χ1) is 12.5. The quantitative estimate of drug-likeness (QED) is 0.598. The minimum atomic E-state index is -0.936. The molecule has 2 aromatic carbocycles. The van der Waals surface area contributed by atoms with Crippen LogP contribution in [0.2, 0.25) is 0 Å². The fourth-order valence-electron chi connectivity index (χ4n) is 3.19. The molecule has 2 aliphatic rings. The first-order valence-corrected chi connectivity index (χ1v) is 8.65. The summed E-state index contributed by atoms with van der Waals surface area (Å²) < 4.78 is 17.4. The minimum Gasteiger partial charge on any atom is -0.494 e. The zero-order chi connectivity index (χ0) is 18.5. The molecule has 7 nitrogen and oxygen atoms in total. The maximum Gasteiger partial charge on any atom is 0.295 e. The first-order valence-electron chi connectivity index (χ1n) is 7.83. The fourth-order valence-corrected chi connectivity index (χ4v) is 4.55. The van der Waals surface area contributed by atoms with E-state index in [1.165, 1.54) is 31.0 Å². The van der Waals surface area contributed by atoms with E-state index < -0.39 is 9.98 Å². The van der Waals surface area contributed by atoms with Gasteiger partial charge in [-0.05, 0) is 30.0 Å². The molecule has 1 atom stereocenters. The number of nitro benzene ring substituents is 1. The van der Waals surface area contributed by atoms with Gasteiger partial charge in [0.1, 0.15) is 0 Å². The molecule has 0 aromatic heterocycles. The van der Waals surface area contributed by atoms with Gasteiger partial charge in [-0.1, -0.05) is 12.1 Å². The number of nitrogens with zero attached hydrogens (tertiary/aromatic N) is 2. The van der Waals surface area contributed by atoms with Gasteiger partial charge in [-0.25, -0.2) is 0 Å². The van der Waals surface area contributed by atoms with E-state index in [1.54, 1.807) is 13.2 Å². The molecule has 2 aromatic rings. The molecule has 1 spiro atoms. The first kappa shape index (κ1) is 16.6. The van der Waals surface area contributed by atoms with Crippen molar-refractivity contribution in [1.82, 2.24) is 0 Å². The van der Waals surface area contributed by atoms with Crippen LogP contribution in [-0.2, 0) is 4.74 Å². The molecule has 0 bridgehead atoms.